The van der Waals surface area contributed by atoms with E-state index in [1.54, 1.807) is 7.05 Å². The van der Waals surface area contributed by atoms with E-state index in [9.17, 15) is 9.59 Å². The molecular weight excluding hydrogens is 438 g/mol. The van der Waals surface area contributed by atoms with Crippen LogP contribution >= 0.6 is 11.6 Å². The maximum Gasteiger partial charge on any atom is 0.332 e. The lowest BCUT2D eigenvalue weighted by Gasteiger charge is -2.12. The van der Waals surface area contributed by atoms with Gasteiger partial charge in [-0.3, -0.25) is 22.9 Å². The van der Waals surface area contributed by atoms with Crippen LogP contribution in [0.5, 0.6) is 0 Å². The first-order valence-electron chi connectivity index (χ1n) is 11.0. The highest BCUT2D eigenvalue weighted by Gasteiger charge is 2.26. The minimum absolute atomic E-state index is 0.360. The summed E-state index contributed by atoms with van der Waals surface area (Å²) < 4.78 is 6.53. The van der Waals surface area contributed by atoms with E-state index >= 15 is 0 Å². The Bertz CT molecular complexity index is 1620. The third-order valence-electron chi connectivity index (χ3n) is 6.09. The molecule has 3 aromatic heterocycles. The van der Waals surface area contributed by atoms with E-state index in [0.717, 1.165) is 46.5 Å². The highest BCUT2D eigenvalue weighted by Crippen LogP contribution is 2.34. The van der Waals surface area contributed by atoms with Crippen LogP contribution < -0.4 is 11.2 Å². The molecule has 0 saturated carbocycles. The predicted octanol–water partition coefficient (Wildman–Crippen LogP) is 4.34. The lowest BCUT2D eigenvalue weighted by Crippen LogP contribution is -2.37. The van der Waals surface area contributed by atoms with E-state index in [1.165, 1.54) is 11.6 Å². The number of unbranched alkanes of at least 4 members (excludes halogenated alkanes) is 1. The Hall–Kier alpha value is -3.58. The van der Waals surface area contributed by atoms with Crippen LogP contribution in [0.4, 0.5) is 0 Å². The number of rotatable bonds is 5. The molecule has 5 rings (SSSR count). The molecule has 8 heteroatoms. The predicted molar refractivity (Wildman–Crippen MR) is 132 cm³/mol. The van der Waals surface area contributed by atoms with Gasteiger partial charge in [-0.25, -0.2) is 4.79 Å². The van der Waals surface area contributed by atoms with Crippen LogP contribution in [0.1, 0.15) is 25.5 Å². The molecule has 0 aliphatic heterocycles. The minimum Gasteiger partial charge on any atom is -0.279 e. The average molecular weight is 462 g/mol. The Kier molecular flexibility index (Phi) is 5.21. The summed E-state index contributed by atoms with van der Waals surface area (Å²) in [6.07, 6.45) is 2.70. The Morgan fingerprint density at radius 2 is 1.73 bits per heavy atom. The smallest absolute Gasteiger partial charge is 0.279 e. The van der Waals surface area contributed by atoms with Crippen LogP contribution in [0.3, 0.4) is 0 Å². The number of imidazole rings is 2. The number of benzene rings is 2. The average Bonchev–Trinajstić information content (AvgIpc) is 3.35. The molecule has 0 N–H and O–H groups in total. The molecule has 0 unspecified atom stereocenters. The fourth-order valence-corrected chi connectivity index (χ4v) is 4.64. The molecule has 0 amide bonds. The Labute approximate surface area is 195 Å². The van der Waals surface area contributed by atoms with Crippen molar-refractivity contribution in [1.29, 1.82) is 0 Å². The highest BCUT2D eigenvalue weighted by molar-refractivity contribution is 6.30. The summed E-state index contributed by atoms with van der Waals surface area (Å²) in [5, 5.41) is 0.605. The van der Waals surface area contributed by atoms with Crippen molar-refractivity contribution in [2.75, 3.05) is 0 Å². The van der Waals surface area contributed by atoms with Gasteiger partial charge in [0.1, 0.15) is 0 Å². The van der Waals surface area contributed by atoms with Crippen LogP contribution in [0.2, 0.25) is 5.02 Å². The van der Waals surface area contributed by atoms with Gasteiger partial charge in [0, 0.05) is 24.7 Å². The molecular formula is C25H24ClN5O2. The number of hydrogen-bond acceptors (Lipinski definition) is 3. The fraction of sp³-hybridized carbons (Fsp3) is 0.240. The van der Waals surface area contributed by atoms with E-state index < -0.39 is 5.69 Å². The van der Waals surface area contributed by atoms with Crippen LogP contribution in [0.25, 0.3) is 33.9 Å². The molecule has 0 aliphatic carbocycles. The zero-order chi connectivity index (χ0) is 23.3. The van der Waals surface area contributed by atoms with Crippen molar-refractivity contribution in [1.82, 2.24) is 23.1 Å². The Morgan fingerprint density at radius 3 is 2.42 bits per heavy atom. The van der Waals surface area contributed by atoms with E-state index in [-0.39, 0.29) is 5.56 Å². The molecule has 0 aliphatic rings. The summed E-state index contributed by atoms with van der Waals surface area (Å²) in [6.45, 7) is 2.14. The van der Waals surface area contributed by atoms with Crippen molar-refractivity contribution in [3.05, 3.63) is 86.2 Å². The van der Waals surface area contributed by atoms with E-state index in [2.05, 4.69) is 19.1 Å². The molecule has 0 radical (unpaired) electrons. The molecule has 0 spiro atoms. The van der Waals surface area contributed by atoms with Crippen LogP contribution in [0.15, 0.2) is 64.2 Å². The summed E-state index contributed by atoms with van der Waals surface area (Å²) in [4.78, 5) is 30.7. The topological polar surface area (TPSA) is 66.2 Å². The van der Waals surface area contributed by atoms with Gasteiger partial charge in [0.2, 0.25) is 5.78 Å². The van der Waals surface area contributed by atoms with Gasteiger partial charge in [0.25, 0.3) is 5.56 Å². The van der Waals surface area contributed by atoms with Gasteiger partial charge in [-0.2, -0.15) is 4.98 Å². The van der Waals surface area contributed by atoms with Gasteiger partial charge >= 0.3 is 5.69 Å². The molecule has 0 bridgehead atoms. The Balaban J connectivity index is 2.04. The fourth-order valence-electron chi connectivity index (χ4n) is 4.45. The summed E-state index contributed by atoms with van der Waals surface area (Å²) in [6, 6.07) is 17.7. The first-order valence-corrected chi connectivity index (χ1v) is 11.3. The summed E-state index contributed by atoms with van der Waals surface area (Å²) in [5.41, 5.74) is 3.81. The second kappa shape index (κ2) is 8.08. The van der Waals surface area contributed by atoms with Gasteiger partial charge in [-0.05, 0) is 31.0 Å². The zero-order valence-corrected chi connectivity index (χ0v) is 19.5. The van der Waals surface area contributed by atoms with Crippen molar-refractivity contribution in [3.8, 4) is 16.9 Å². The molecule has 0 saturated heterocycles. The van der Waals surface area contributed by atoms with Crippen molar-refractivity contribution in [2.24, 2.45) is 14.1 Å². The van der Waals surface area contributed by atoms with Gasteiger partial charge < -0.3 is 0 Å². The third kappa shape index (κ3) is 3.23. The monoisotopic (exact) mass is 461 g/mol. The third-order valence-corrected chi connectivity index (χ3v) is 6.32. The van der Waals surface area contributed by atoms with E-state index in [0.29, 0.717) is 22.0 Å². The SMILES string of the molecule is CCCCc1c(-c2ccccc2)n(-c2cccc(Cl)c2)c2nc3c(c(=O)n(C)c(=O)n3C)n12. The molecule has 3 heterocycles. The molecule has 0 fully saturated rings. The van der Waals surface area contributed by atoms with E-state index in [1.807, 2.05) is 51.4 Å². The van der Waals surface area contributed by atoms with Crippen molar-refractivity contribution in [2.45, 2.75) is 26.2 Å². The molecule has 2 aromatic carbocycles. The van der Waals surface area contributed by atoms with Gasteiger partial charge in [-0.1, -0.05) is 61.3 Å². The standard InChI is InChI=1S/C25H24ClN5O2/c1-4-5-14-19-20(16-10-7-6-8-11-16)30(18-13-9-12-17(26)15-18)24-27-22-21(31(19)24)23(32)29(3)25(33)28(22)2/h6-13,15H,4-5,14H2,1-3H3. The number of nitrogens with zero attached hydrogens (tertiary/aromatic N) is 5. The lowest BCUT2D eigenvalue weighted by atomic mass is 10.1. The van der Waals surface area contributed by atoms with Crippen molar-refractivity contribution in [3.63, 3.8) is 0 Å². The van der Waals surface area contributed by atoms with Gasteiger partial charge in [0.15, 0.2) is 11.2 Å². The molecule has 33 heavy (non-hydrogen) atoms. The number of fused-ring (bicyclic) bond motifs is 3. The number of hydrogen-bond donors (Lipinski definition) is 0. The first-order chi connectivity index (χ1) is 15.9. The lowest BCUT2D eigenvalue weighted by molar-refractivity contribution is 0.706. The van der Waals surface area contributed by atoms with Crippen molar-refractivity contribution >= 4 is 28.5 Å². The van der Waals surface area contributed by atoms with Crippen LogP contribution in [-0.4, -0.2) is 23.1 Å². The Morgan fingerprint density at radius 1 is 0.970 bits per heavy atom. The van der Waals surface area contributed by atoms with Crippen LogP contribution in [0, 0.1) is 0 Å². The van der Waals surface area contributed by atoms with Crippen LogP contribution in [-0.2, 0) is 20.5 Å². The maximum absolute atomic E-state index is 13.3. The number of aromatic nitrogens is 5. The molecule has 7 nitrogen and oxygen atoms in total. The highest BCUT2D eigenvalue weighted by atomic mass is 35.5. The molecule has 168 valence electrons. The first kappa shape index (κ1) is 21.3. The molecule has 5 aromatic rings. The second-order valence-electron chi connectivity index (χ2n) is 8.21. The molecule has 0 atom stereocenters. The summed E-state index contributed by atoms with van der Waals surface area (Å²) in [5.74, 6) is 0.579. The van der Waals surface area contributed by atoms with E-state index in [4.69, 9.17) is 16.6 Å². The zero-order valence-electron chi connectivity index (χ0n) is 18.7. The largest absolute Gasteiger partial charge is 0.332 e. The normalized spacial score (nSPS) is 11.6. The second-order valence-corrected chi connectivity index (χ2v) is 8.64. The van der Waals surface area contributed by atoms with Gasteiger partial charge in [0.05, 0.1) is 17.1 Å². The quantitative estimate of drug-likeness (QED) is 0.391. The van der Waals surface area contributed by atoms with Gasteiger partial charge in [-0.15, -0.1) is 0 Å². The number of aryl methyl sites for hydroxylation is 2. The van der Waals surface area contributed by atoms with Crippen molar-refractivity contribution < 1.29 is 0 Å². The maximum atomic E-state index is 13.3. The summed E-state index contributed by atoms with van der Waals surface area (Å²) in [7, 11) is 3.14. The minimum atomic E-state index is -0.402. The summed E-state index contributed by atoms with van der Waals surface area (Å²) >= 11 is 6.37. The number of halogens is 1.